The van der Waals surface area contributed by atoms with Crippen molar-refractivity contribution in [3.63, 3.8) is 0 Å². The number of rotatable bonds is 1. The van der Waals surface area contributed by atoms with Gasteiger partial charge in [0.1, 0.15) is 0 Å². The highest BCUT2D eigenvalue weighted by Crippen LogP contribution is 2.16. The Labute approximate surface area is 62.5 Å². The van der Waals surface area contributed by atoms with Crippen molar-refractivity contribution in [3.8, 4) is 12.3 Å². The van der Waals surface area contributed by atoms with Crippen molar-refractivity contribution in [2.45, 2.75) is 25.3 Å². The molecule has 0 fully saturated rings. The Balaban J connectivity index is 2.46. The molecule has 1 nitrogen and oxygen atoms in total. The summed E-state index contributed by atoms with van der Waals surface area (Å²) >= 11 is 0. The maximum absolute atomic E-state index is 5.25. The zero-order chi connectivity index (χ0) is 7.40. The third-order valence-electron chi connectivity index (χ3n) is 2.00. The summed E-state index contributed by atoms with van der Waals surface area (Å²) in [7, 11) is 2.00. The molecular formula is C9H13N. The van der Waals surface area contributed by atoms with Crippen molar-refractivity contribution in [1.29, 1.82) is 0 Å². The van der Waals surface area contributed by atoms with E-state index in [1.54, 1.807) is 0 Å². The van der Waals surface area contributed by atoms with Crippen LogP contribution in [0.3, 0.4) is 0 Å². The molecule has 0 aromatic rings. The van der Waals surface area contributed by atoms with Crippen LogP contribution in [-0.2, 0) is 0 Å². The molecule has 0 heterocycles. The fourth-order valence-corrected chi connectivity index (χ4v) is 1.23. The number of terminal acetylenes is 1. The van der Waals surface area contributed by atoms with Crippen LogP contribution in [0.15, 0.2) is 11.6 Å². The summed E-state index contributed by atoms with van der Waals surface area (Å²) in [5, 5.41) is 3.24. The first-order chi connectivity index (χ1) is 4.86. The molecule has 0 bridgehead atoms. The summed E-state index contributed by atoms with van der Waals surface area (Å²) in [6.07, 6.45) is 10.8. The van der Waals surface area contributed by atoms with Gasteiger partial charge in [-0.2, -0.15) is 0 Å². The van der Waals surface area contributed by atoms with E-state index >= 15 is 0 Å². The predicted molar refractivity (Wildman–Crippen MR) is 43.6 cm³/mol. The van der Waals surface area contributed by atoms with Gasteiger partial charge in [-0.25, -0.2) is 0 Å². The van der Waals surface area contributed by atoms with Gasteiger partial charge in [-0.15, -0.1) is 6.42 Å². The predicted octanol–water partition coefficient (Wildman–Crippen LogP) is 1.32. The molecule has 1 aliphatic carbocycles. The average Bonchev–Trinajstić information content (AvgIpc) is 2.05. The molecule has 0 aromatic carbocycles. The topological polar surface area (TPSA) is 12.0 Å². The Kier molecular flexibility index (Phi) is 2.53. The van der Waals surface area contributed by atoms with E-state index in [2.05, 4.69) is 17.3 Å². The van der Waals surface area contributed by atoms with Crippen LogP contribution in [0.1, 0.15) is 19.3 Å². The standard InChI is InChI=1S/C9H13N/c1-3-8-4-6-9(10-2)7-5-8/h1,4,9-10H,5-7H2,2H3. The first kappa shape index (κ1) is 7.37. The highest BCUT2D eigenvalue weighted by Gasteiger charge is 2.09. The highest BCUT2D eigenvalue weighted by atomic mass is 14.9. The van der Waals surface area contributed by atoms with E-state index in [1.807, 2.05) is 7.05 Å². The first-order valence-electron chi connectivity index (χ1n) is 3.69. The van der Waals surface area contributed by atoms with Crippen LogP contribution in [0.5, 0.6) is 0 Å². The molecule has 0 radical (unpaired) electrons. The minimum Gasteiger partial charge on any atom is -0.317 e. The maximum atomic E-state index is 5.25. The fraction of sp³-hybridized carbons (Fsp3) is 0.556. The fourth-order valence-electron chi connectivity index (χ4n) is 1.23. The Morgan fingerprint density at radius 1 is 1.80 bits per heavy atom. The molecule has 54 valence electrons. The normalized spacial score (nSPS) is 25.2. The van der Waals surface area contributed by atoms with Crippen molar-refractivity contribution >= 4 is 0 Å². The lowest BCUT2D eigenvalue weighted by Gasteiger charge is -2.18. The van der Waals surface area contributed by atoms with Gasteiger partial charge in [-0.1, -0.05) is 12.0 Å². The van der Waals surface area contributed by atoms with E-state index in [-0.39, 0.29) is 0 Å². The second-order valence-corrected chi connectivity index (χ2v) is 2.63. The van der Waals surface area contributed by atoms with Gasteiger partial charge in [-0.05, 0) is 31.9 Å². The Morgan fingerprint density at radius 2 is 2.60 bits per heavy atom. The quantitative estimate of drug-likeness (QED) is 0.535. The van der Waals surface area contributed by atoms with Crippen LogP contribution < -0.4 is 5.32 Å². The molecule has 0 amide bonds. The van der Waals surface area contributed by atoms with Gasteiger partial charge in [0.25, 0.3) is 0 Å². The summed E-state index contributed by atoms with van der Waals surface area (Å²) in [6.45, 7) is 0. The maximum Gasteiger partial charge on any atom is 0.0102 e. The second-order valence-electron chi connectivity index (χ2n) is 2.63. The zero-order valence-electron chi connectivity index (χ0n) is 6.35. The summed E-state index contributed by atoms with van der Waals surface area (Å²) in [6, 6.07) is 0.650. The van der Waals surface area contributed by atoms with Gasteiger partial charge < -0.3 is 5.32 Å². The second kappa shape index (κ2) is 3.43. The molecule has 0 spiro atoms. The van der Waals surface area contributed by atoms with E-state index in [1.165, 1.54) is 12.0 Å². The third-order valence-corrected chi connectivity index (χ3v) is 2.00. The monoisotopic (exact) mass is 135 g/mol. The lowest BCUT2D eigenvalue weighted by molar-refractivity contribution is 0.511. The molecule has 1 aliphatic rings. The van der Waals surface area contributed by atoms with Crippen LogP contribution in [0.4, 0.5) is 0 Å². The van der Waals surface area contributed by atoms with Crippen molar-refractivity contribution in [2.75, 3.05) is 7.05 Å². The summed E-state index contributed by atoms with van der Waals surface area (Å²) in [4.78, 5) is 0. The van der Waals surface area contributed by atoms with Crippen molar-refractivity contribution < 1.29 is 0 Å². The molecule has 0 aromatic heterocycles. The van der Waals surface area contributed by atoms with E-state index in [0.29, 0.717) is 6.04 Å². The smallest absolute Gasteiger partial charge is 0.0102 e. The summed E-state index contributed by atoms with van der Waals surface area (Å²) in [5.41, 5.74) is 1.17. The van der Waals surface area contributed by atoms with Gasteiger partial charge >= 0.3 is 0 Å². The summed E-state index contributed by atoms with van der Waals surface area (Å²) in [5.74, 6) is 2.68. The summed E-state index contributed by atoms with van der Waals surface area (Å²) < 4.78 is 0. The first-order valence-corrected chi connectivity index (χ1v) is 3.69. The number of hydrogen-bond acceptors (Lipinski definition) is 1. The molecule has 1 N–H and O–H groups in total. The van der Waals surface area contributed by atoms with Crippen molar-refractivity contribution in [3.05, 3.63) is 11.6 Å². The average molecular weight is 135 g/mol. The van der Waals surface area contributed by atoms with Crippen LogP contribution in [0.2, 0.25) is 0 Å². The molecule has 0 aliphatic heterocycles. The molecule has 0 saturated carbocycles. The molecule has 10 heavy (non-hydrogen) atoms. The van der Waals surface area contributed by atoms with E-state index in [4.69, 9.17) is 6.42 Å². The highest BCUT2D eigenvalue weighted by molar-refractivity contribution is 5.27. The van der Waals surface area contributed by atoms with Gasteiger partial charge in [-0.3, -0.25) is 0 Å². The molecule has 0 saturated heterocycles. The molecule has 1 atom stereocenters. The van der Waals surface area contributed by atoms with Crippen LogP contribution >= 0.6 is 0 Å². The van der Waals surface area contributed by atoms with Gasteiger partial charge in [0.05, 0.1) is 0 Å². The van der Waals surface area contributed by atoms with Gasteiger partial charge in [0.2, 0.25) is 0 Å². The molecule has 1 heteroatoms. The van der Waals surface area contributed by atoms with E-state index in [0.717, 1.165) is 12.8 Å². The zero-order valence-corrected chi connectivity index (χ0v) is 6.35. The third kappa shape index (κ3) is 1.62. The molecule has 1 rings (SSSR count). The minimum absolute atomic E-state index is 0.650. The van der Waals surface area contributed by atoms with Crippen molar-refractivity contribution in [1.82, 2.24) is 5.32 Å². The Bertz CT molecular complexity index is 174. The minimum atomic E-state index is 0.650. The van der Waals surface area contributed by atoms with Crippen LogP contribution in [0, 0.1) is 12.3 Å². The lowest BCUT2D eigenvalue weighted by atomic mass is 9.96. The largest absolute Gasteiger partial charge is 0.317 e. The van der Waals surface area contributed by atoms with Crippen LogP contribution in [-0.4, -0.2) is 13.1 Å². The van der Waals surface area contributed by atoms with Crippen molar-refractivity contribution in [2.24, 2.45) is 0 Å². The number of nitrogens with one attached hydrogen (secondary N) is 1. The lowest BCUT2D eigenvalue weighted by Crippen LogP contribution is -2.26. The van der Waals surface area contributed by atoms with Gasteiger partial charge in [0, 0.05) is 6.04 Å². The van der Waals surface area contributed by atoms with Gasteiger partial charge in [0.15, 0.2) is 0 Å². The Hall–Kier alpha value is -0.740. The SMILES string of the molecule is C#CC1=CCC(NC)CC1. The van der Waals surface area contributed by atoms with Crippen LogP contribution in [0.25, 0.3) is 0 Å². The number of hydrogen-bond donors (Lipinski definition) is 1. The number of allylic oxidation sites excluding steroid dienone is 1. The molecule has 1 unspecified atom stereocenters. The molecular weight excluding hydrogens is 122 g/mol. The Morgan fingerprint density at radius 3 is 3.00 bits per heavy atom. The van der Waals surface area contributed by atoms with E-state index in [9.17, 15) is 0 Å². The van der Waals surface area contributed by atoms with E-state index < -0.39 is 0 Å².